The average molecular weight is 412 g/mol. The molecule has 1 N–H and O–H groups in total. The van der Waals surface area contributed by atoms with Crippen LogP contribution in [0.3, 0.4) is 0 Å². The van der Waals surface area contributed by atoms with E-state index in [-0.39, 0.29) is 6.03 Å². The third-order valence-corrected chi connectivity index (χ3v) is 6.17. The van der Waals surface area contributed by atoms with E-state index in [9.17, 15) is 4.79 Å². The molecule has 162 valence electrons. The Balaban J connectivity index is 1.23. The summed E-state index contributed by atoms with van der Waals surface area (Å²) in [5, 5.41) is 3.05. The zero-order valence-electron chi connectivity index (χ0n) is 17.9. The van der Waals surface area contributed by atoms with E-state index in [0.717, 1.165) is 68.5 Å². The average Bonchev–Trinajstić information content (AvgIpc) is 3.26. The number of hydrogen-bond donors (Lipinski definition) is 1. The highest BCUT2D eigenvalue weighted by atomic mass is 16.5. The second-order valence-corrected chi connectivity index (χ2v) is 8.68. The Labute approximate surface area is 179 Å². The number of piperazine rings is 1. The molecule has 2 aliphatic rings. The molecule has 30 heavy (non-hydrogen) atoms. The first-order valence-electron chi connectivity index (χ1n) is 11.2. The van der Waals surface area contributed by atoms with Gasteiger partial charge in [0.25, 0.3) is 0 Å². The van der Waals surface area contributed by atoms with Crippen LogP contribution in [-0.4, -0.2) is 48.1 Å². The van der Waals surface area contributed by atoms with Crippen molar-refractivity contribution in [3.8, 4) is 0 Å². The van der Waals surface area contributed by atoms with Crippen molar-refractivity contribution in [3.05, 3.63) is 54.0 Å². The van der Waals surface area contributed by atoms with Gasteiger partial charge in [-0.2, -0.15) is 0 Å². The Bertz CT molecular complexity index is 800. The number of benzene rings is 1. The van der Waals surface area contributed by atoms with Crippen molar-refractivity contribution in [3.63, 3.8) is 0 Å². The molecule has 2 fully saturated rings. The summed E-state index contributed by atoms with van der Waals surface area (Å²) in [5.41, 5.74) is 1.94. The summed E-state index contributed by atoms with van der Waals surface area (Å²) in [6.45, 7) is 6.84. The highest BCUT2D eigenvalue weighted by molar-refractivity contribution is 5.89. The molecule has 2 heterocycles. The van der Waals surface area contributed by atoms with E-state index in [2.05, 4.69) is 23.2 Å². The maximum Gasteiger partial charge on any atom is 0.321 e. The standard InChI is InChI=1S/C24H33N3O3/c1-19-5-2-8-22(15-19)30-18-20-6-3-7-21(16-20)25-24(28)27-12-10-26(11-13-27)17-23-9-4-14-29-23/h3-4,6-7,9,14,16,19,22H,2,5,8,10-13,15,17-18H2,1H3,(H,25,28). The van der Waals surface area contributed by atoms with Crippen LogP contribution < -0.4 is 5.32 Å². The van der Waals surface area contributed by atoms with E-state index in [0.29, 0.717) is 12.7 Å². The molecule has 1 aromatic heterocycles. The Morgan fingerprint density at radius 1 is 1.17 bits per heavy atom. The van der Waals surface area contributed by atoms with Gasteiger partial charge in [0, 0.05) is 31.9 Å². The van der Waals surface area contributed by atoms with Crippen molar-refractivity contribution in [2.75, 3.05) is 31.5 Å². The number of carbonyl (C=O) groups excluding carboxylic acids is 1. The lowest BCUT2D eigenvalue weighted by Crippen LogP contribution is -2.49. The molecule has 1 aliphatic heterocycles. The maximum absolute atomic E-state index is 12.7. The van der Waals surface area contributed by atoms with Crippen LogP contribution in [0.1, 0.15) is 43.9 Å². The van der Waals surface area contributed by atoms with Crippen molar-refractivity contribution in [1.29, 1.82) is 0 Å². The first-order chi connectivity index (χ1) is 14.7. The van der Waals surface area contributed by atoms with Gasteiger partial charge in [-0.05, 0) is 48.6 Å². The monoisotopic (exact) mass is 411 g/mol. The smallest absolute Gasteiger partial charge is 0.321 e. The fourth-order valence-corrected chi connectivity index (χ4v) is 4.42. The van der Waals surface area contributed by atoms with Crippen LogP contribution in [0.2, 0.25) is 0 Å². The summed E-state index contributed by atoms with van der Waals surface area (Å²) >= 11 is 0. The van der Waals surface area contributed by atoms with E-state index in [4.69, 9.17) is 9.15 Å². The Hall–Kier alpha value is -2.31. The van der Waals surface area contributed by atoms with Gasteiger partial charge in [0.2, 0.25) is 0 Å². The van der Waals surface area contributed by atoms with E-state index < -0.39 is 0 Å². The fourth-order valence-electron chi connectivity index (χ4n) is 4.42. The van der Waals surface area contributed by atoms with Gasteiger partial charge >= 0.3 is 6.03 Å². The van der Waals surface area contributed by atoms with Crippen LogP contribution in [0.15, 0.2) is 47.1 Å². The normalized spacial score (nSPS) is 22.8. The summed E-state index contributed by atoms with van der Waals surface area (Å²) in [5.74, 6) is 1.73. The van der Waals surface area contributed by atoms with Gasteiger partial charge in [-0.25, -0.2) is 4.79 Å². The summed E-state index contributed by atoms with van der Waals surface area (Å²) < 4.78 is 11.6. The predicted octanol–water partition coefficient (Wildman–Crippen LogP) is 4.72. The Morgan fingerprint density at radius 2 is 2.03 bits per heavy atom. The minimum atomic E-state index is -0.0353. The third kappa shape index (κ3) is 5.86. The number of rotatable bonds is 6. The van der Waals surface area contributed by atoms with Crippen LogP contribution in [0.5, 0.6) is 0 Å². The van der Waals surface area contributed by atoms with Crippen molar-refractivity contribution in [2.24, 2.45) is 5.92 Å². The number of furan rings is 1. The highest BCUT2D eigenvalue weighted by Crippen LogP contribution is 2.26. The quantitative estimate of drug-likeness (QED) is 0.747. The molecule has 2 amide bonds. The molecule has 1 saturated heterocycles. The van der Waals surface area contributed by atoms with Crippen LogP contribution in [0, 0.1) is 5.92 Å². The predicted molar refractivity (Wildman–Crippen MR) is 117 cm³/mol. The van der Waals surface area contributed by atoms with Crippen molar-refractivity contribution < 1.29 is 13.9 Å². The number of ether oxygens (including phenoxy) is 1. The van der Waals surface area contributed by atoms with Gasteiger partial charge in [0.15, 0.2) is 0 Å². The Morgan fingerprint density at radius 3 is 2.80 bits per heavy atom. The van der Waals surface area contributed by atoms with Gasteiger partial charge in [0.05, 0.1) is 25.5 Å². The van der Waals surface area contributed by atoms with Crippen molar-refractivity contribution in [1.82, 2.24) is 9.80 Å². The number of nitrogens with one attached hydrogen (secondary N) is 1. The van der Waals surface area contributed by atoms with E-state index in [1.807, 2.05) is 35.2 Å². The number of nitrogens with zero attached hydrogens (tertiary/aromatic N) is 2. The van der Waals surface area contributed by atoms with E-state index in [1.54, 1.807) is 6.26 Å². The summed E-state index contributed by atoms with van der Waals surface area (Å²) in [6.07, 6.45) is 6.96. The molecule has 0 bridgehead atoms. The van der Waals surface area contributed by atoms with Gasteiger partial charge in [-0.1, -0.05) is 31.9 Å². The first-order valence-corrected chi connectivity index (χ1v) is 11.2. The minimum Gasteiger partial charge on any atom is -0.468 e. The first kappa shape index (κ1) is 20.9. The van der Waals surface area contributed by atoms with Gasteiger partial charge < -0.3 is 19.4 Å². The summed E-state index contributed by atoms with van der Waals surface area (Å²) in [4.78, 5) is 16.9. The number of amides is 2. The lowest BCUT2D eigenvalue weighted by molar-refractivity contribution is 0.00468. The highest BCUT2D eigenvalue weighted by Gasteiger charge is 2.22. The van der Waals surface area contributed by atoms with Gasteiger partial charge in [0.1, 0.15) is 5.76 Å². The molecular weight excluding hydrogens is 378 g/mol. The van der Waals surface area contributed by atoms with Crippen LogP contribution in [0.4, 0.5) is 10.5 Å². The van der Waals surface area contributed by atoms with Crippen molar-refractivity contribution in [2.45, 2.75) is 51.9 Å². The molecule has 4 rings (SSSR count). The molecular formula is C24H33N3O3. The molecule has 2 unspecified atom stereocenters. The molecule has 1 aromatic carbocycles. The zero-order chi connectivity index (χ0) is 20.8. The van der Waals surface area contributed by atoms with Gasteiger partial charge in [-0.15, -0.1) is 0 Å². The van der Waals surface area contributed by atoms with Crippen LogP contribution >= 0.6 is 0 Å². The van der Waals surface area contributed by atoms with Crippen molar-refractivity contribution >= 4 is 11.7 Å². The van der Waals surface area contributed by atoms with Gasteiger partial charge in [-0.3, -0.25) is 4.90 Å². The molecule has 2 aromatic rings. The fraction of sp³-hybridized carbons (Fsp3) is 0.542. The largest absolute Gasteiger partial charge is 0.468 e. The van der Waals surface area contributed by atoms with Crippen LogP contribution in [-0.2, 0) is 17.9 Å². The SMILES string of the molecule is CC1CCCC(OCc2cccc(NC(=O)N3CCN(Cc4ccco4)CC3)c2)C1. The summed E-state index contributed by atoms with van der Waals surface area (Å²) in [7, 11) is 0. The minimum absolute atomic E-state index is 0.0353. The lowest BCUT2D eigenvalue weighted by Gasteiger charge is -2.34. The molecule has 1 saturated carbocycles. The maximum atomic E-state index is 12.7. The third-order valence-electron chi connectivity index (χ3n) is 6.17. The Kier molecular flexibility index (Phi) is 7.07. The molecule has 1 aliphatic carbocycles. The lowest BCUT2D eigenvalue weighted by atomic mass is 9.89. The number of urea groups is 1. The number of anilines is 1. The molecule has 2 atom stereocenters. The van der Waals surface area contributed by atoms with Crippen LogP contribution in [0.25, 0.3) is 0 Å². The van der Waals surface area contributed by atoms with E-state index >= 15 is 0 Å². The number of hydrogen-bond acceptors (Lipinski definition) is 4. The second-order valence-electron chi connectivity index (χ2n) is 8.68. The second kappa shape index (κ2) is 10.1. The molecule has 0 spiro atoms. The summed E-state index contributed by atoms with van der Waals surface area (Å²) in [6, 6.07) is 11.9. The molecule has 6 heteroatoms. The molecule has 6 nitrogen and oxygen atoms in total. The molecule has 0 radical (unpaired) electrons. The number of carbonyl (C=O) groups is 1. The topological polar surface area (TPSA) is 58.0 Å². The zero-order valence-corrected chi connectivity index (χ0v) is 17.9. The van der Waals surface area contributed by atoms with E-state index in [1.165, 1.54) is 12.8 Å².